The molecular formula is C38H48ClN3O2. The van der Waals surface area contributed by atoms with Crippen molar-refractivity contribution in [3.63, 3.8) is 0 Å². The molecule has 3 aromatic carbocycles. The molecule has 1 aromatic heterocycles. The average Bonchev–Trinajstić information content (AvgIpc) is 3.51. The minimum Gasteiger partial charge on any atom is -0.494 e. The maximum Gasteiger partial charge on any atom is 0.127 e. The fourth-order valence-electron chi connectivity index (χ4n) is 6.28. The van der Waals surface area contributed by atoms with Crippen molar-refractivity contribution < 1.29 is 9.47 Å². The van der Waals surface area contributed by atoms with E-state index in [0.29, 0.717) is 10.9 Å². The number of ether oxygens (including phenoxy) is 2. The first-order valence-corrected chi connectivity index (χ1v) is 17.0. The van der Waals surface area contributed by atoms with Gasteiger partial charge in [-0.2, -0.15) is 0 Å². The number of nitrogens with zero attached hydrogens (tertiary/aromatic N) is 3. The maximum atomic E-state index is 6.06. The molecule has 4 aromatic rings. The van der Waals surface area contributed by atoms with Crippen molar-refractivity contribution in [1.29, 1.82) is 0 Å². The Balaban J connectivity index is 1.32. The zero-order valence-corrected chi connectivity index (χ0v) is 27.4. The van der Waals surface area contributed by atoms with Gasteiger partial charge in [0.05, 0.1) is 12.3 Å². The normalized spacial score (nSPS) is 16.8. The molecule has 234 valence electrons. The minimum atomic E-state index is 0.458. The summed E-state index contributed by atoms with van der Waals surface area (Å²) in [6.07, 6.45) is 12.2. The van der Waals surface area contributed by atoms with Crippen LogP contribution in [0.5, 0.6) is 17.2 Å². The first-order valence-electron chi connectivity index (χ1n) is 16.6. The van der Waals surface area contributed by atoms with Gasteiger partial charge in [-0.15, -0.1) is 0 Å². The van der Waals surface area contributed by atoms with Crippen LogP contribution in [0.25, 0.3) is 16.9 Å². The molecule has 1 aliphatic rings. The van der Waals surface area contributed by atoms with E-state index in [0.717, 1.165) is 78.6 Å². The molecule has 0 atom stereocenters. The predicted molar refractivity (Wildman–Crippen MR) is 183 cm³/mol. The summed E-state index contributed by atoms with van der Waals surface area (Å²) >= 11 is 6.04. The predicted octanol–water partition coefficient (Wildman–Crippen LogP) is 10.6. The van der Waals surface area contributed by atoms with E-state index in [1.165, 1.54) is 44.9 Å². The van der Waals surface area contributed by atoms with E-state index in [1.54, 1.807) is 0 Å². The zero-order chi connectivity index (χ0) is 30.7. The van der Waals surface area contributed by atoms with Crippen molar-refractivity contribution in [2.75, 3.05) is 26.2 Å². The molecule has 5 rings (SSSR count). The second-order valence-electron chi connectivity index (χ2n) is 12.0. The Morgan fingerprint density at radius 2 is 1.43 bits per heavy atom. The van der Waals surface area contributed by atoms with E-state index in [-0.39, 0.29) is 0 Å². The van der Waals surface area contributed by atoms with E-state index < -0.39 is 0 Å². The van der Waals surface area contributed by atoms with Crippen molar-refractivity contribution in [2.24, 2.45) is 5.92 Å². The van der Waals surface area contributed by atoms with Crippen molar-refractivity contribution in [3.05, 3.63) is 89.8 Å². The van der Waals surface area contributed by atoms with Crippen molar-refractivity contribution >= 4 is 11.6 Å². The van der Waals surface area contributed by atoms with Crippen LogP contribution in [0, 0.1) is 5.92 Å². The smallest absolute Gasteiger partial charge is 0.127 e. The number of rotatable bonds is 15. The first kappa shape index (κ1) is 32.1. The standard InChI is InChI=1S/C38H48ClN3O2/c1-4-7-9-29-10-12-31(13-11-29)38-40-37(30-14-20-34(21-15-30)43-27-8-26-41(5-2)6-3)28-42(38)33-18-24-36(25-19-33)44-35-22-16-32(39)17-23-35/h14-25,28-29,31H,4-13,26-27H2,1-3H3. The minimum absolute atomic E-state index is 0.458. The van der Waals surface area contributed by atoms with Gasteiger partial charge in [-0.1, -0.05) is 51.6 Å². The highest BCUT2D eigenvalue weighted by Crippen LogP contribution is 2.39. The van der Waals surface area contributed by atoms with Crippen molar-refractivity contribution in [3.8, 4) is 34.2 Å². The van der Waals surface area contributed by atoms with Crippen LogP contribution in [0.1, 0.15) is 83.9 Å². The van der Waals surface area contributed by atoms with Gasteiger partial charge in [0, 0.05) is 34.9 Å². The molecule has 0 radical (unpaired) electrons. The lowest BCUT2D eigenvalue weighted by Crippen LogP contribution is -2.25. The summed E-state index contributed by atoms with van der Waals surface area (Å²) in [7, 11) is 0. The van der Waals surface area contributed by atoms with E-state index in [9.17, 15) is 0 Å². The molecule has 0 amide bonds. The third kappa shape index (κ3) is 8.67. The summed E-state index contributed by atoms with van der Waals surface area (Å²) in [6, 6.07) is 24.2. The number of imidazole rings is 1. The number of hydrogen-bond donors (Lipinski definition) is 0. The van der Waals surface area contributed by atoms with E-state index in [1.807, 2.05) is 36.4 Å². The second kappa shape index (κ2) is 16.2. The van der Waals surface area contributed by atoms with E-state index >= 15 is 0 Å². The summed E-state index contributed by atoms with van der Waals surface area (Å²) in [5.74, 6) is 4.95. The van der Waals surface area contributed by atoms with E-state index in [4.69, 9.17) is 26.1 Å². The molecule has 1 aliphatic carbocycles. The van der Waals surface area contributed by atoms with Crippen LogP contribution in [-0.2, 0) is 0 Å². The second-order valence-corrected chi connectivity index (χ2v) is 12.5. The van der Waals surface area contributed by atoms with Gasteiger partial charge in [0.1, 0.15) is 23.1 Å². The quantitative estimate of drug-likeness (QED) is 0.125. The lowest BCUT2D eigenvalue weighted by Gasteiger charge is -2.28. The highest BCUT2D eigenvalue weighted by molar-refractivity contribution is 6.30. The third-order valence-corrected chi connectivity index (χ3v) is 9.26. The molecule has 0 unspecified atom stereocenters. The summed E-state index contributed by atoms with van der Waals surface area (Å²) in [6.45, 7) is 10.7. The van der Waals surface area contributed by atoms with Crippen molar-refractivity contribution in [1.82, 2.24) is 14.5 Å². The first-order chi connectivity index (χ1) is 21.6. The van der Waals surface area contributed by atoms with Crippen LogP contribution in [0.4, 0.5) is 0 Å². The Hall–Kier alpha value is -3.28. The molecule has 1 fully saturated rings. The fraction of sp³-hybridized carbons (Fsp3) is 0.447. The Morgan fingerprint density at radius 3 is 2.07 bits per heavy atom. The van der Waals surface area contributed by atoms with Gasteiger partial charge in [0.25, 0.3) is 0 Å². The molecule has 0 spiro atoms. The molecule has 6 heteroatoms. The number of halogens is 1. The monoisotopic (exact) mass is 613 g/mol. The third-order valence-electron chi connectivity index (χ3n) is 9.01. The van der Waals surface area contributed by atoms with Gasteiger partial charge in [0.15, 0.2) is 0 Å². The van der Waals surface area contributed by atoms with Crippen LogP contribution in [0.15, 0.2) is 79.0 Å². The highest BCUT2D eigenvalue weighted by Gasteiger charge is 2.26. The summed E-state index contributed by atoms with van der Waals surface area (Å²) < 4.78 is 14.4. The number of hydrogen-bond acceptors (Lipinski definition) is 4. The average molecular weight is 614 g/mol. The van der Waals surface area contributed by atoms with Crippen LogP contribution in [0.3, 0.4) is 0 Å². The highest BCUT2D eigenvalue weighted by atomic mass is 35.5. The van der Waals surface area contributed by atoms with Crippen LogP contribution < -0.4 is 9.47 Å². The summed E-state index contributed by atoms with van der Waals surface area (Å²) in [4.78, 5) is 7.71. The summed E-state index contributed by atoms with van der Waals surface area (Å²) in [5.41, 5.74) is 3.21. The number of unbranched alkanes of at least 4 members (excludes halogenated alkanes) is 1. The van der Waals surface area contributed by atoms with Crippen LogP contribution in [0.2, 0.25) is 5.02 Å². The molecular weight excluding hydrogens is 566 g/mol. The number of benzene rings is 3. The fourth-order valence-corrected chi connectivity index (χ4v) is 6.41. The van der Waals surface area contributed by atoms with Crippen LogP contribution >= 0.6 is 11.6 Å². The van der Waals surface area contributed by atoms with Gasteiger partial charge in [-0.05, 0) is 124 Å². The molecule has 0 aliphatic heterocycles. The van der Waals surface area contributed by atoms with Gasteiger partial charge in [-0.3, -0.25) is 0 Å². The van der Waals surface area contributed by atoms with Gasteiger partial charge in [0.2, 0.25) is 0 Å². The lowest BCUT2D eigenvalue weighted by atomic mass is 9.79. The zero-order valence-electron chi connectivity index (χ0n) is 26.7. The lowest BCUT2D eigenvalue weighted by molar-refractivity contribution is 0.249. The van der Waals surface area contributed by atoms with E-state index in [2.05, 4.69) is 72.8 Å². The van der Waals surface area contributed by atoms with Gasteiger partial charge < -0.3 is 18.9 Å². The summed E-state index contributed by atoms with van der Waals surface area (Å²) in [5, 5.41) is 0.698. The molecule has 1 heterocycles. The van der Waals surface area contributed by atoms with Crippen molar-refractivity contribution in [2.45, 2.75) is 78.1 Å². The molecule has 5 nitrogen and oxygen atoms in total. The Morgan fingerprint density at radius 1 is 0.795 bits per heavy atom. The Bertz CT molecular complexity index is 1400. The molecule has 1 saturated carbocycles. The topological polar surface area (TPSA) is 39.5 Å². The SMILES string of the molecule is CCCCC1CCC(c2nc(-c3ccc(OCCCN(CC)CC)cc3)cn2-c2ccc(Oc3ccc(Cl)cc3)cc2)CC1. The van der Waals surface area contributed by atoms with Gasteiger partial charge >= 0.3 is 0 Å². The molecule has 0 bridgehead atoms. The maximum absolute atomic E-state index is 6.06. The largest absolute Gasteiger partial charge is 0.494 e. The Labute approximate surface area is 269 Å². The van der Waals surface area contributed by atoms with Crippen LogP contribution in [-0.4, -0.2) is 40.7 Å². The Kier molecular flexibility index (Phi) is 11.8. The van der Waals surface area contributed by atoms with Gasteiger partial charge in [-0.25, -0.2) is 4.98 Å². The molecule has 0 saturated heterocycles. The molecule has 44 heavy (non-hydrogen) atoms. The molecule has 0 N–H and O–H groups in total. The number of aromatic nitrogens is 2.